The van der Waals surface area contributed by atoms with E-state index in [2.05, 4.69) is 51.5 Å². The summed E-state index contributed by atoms with van der Waals surface area (Å²) in [5.41, 5.74) is 1.00. The Morgan fingerprint density at radius 2 is 2.00 bits per heavy atom. The molecule has 1 unspecified atom stereocenters. The molecular weight excluding hydrogens is 262 g/mol. The molecule has 1 rings (SSSR count). The minimum atomic E-state index is -0.0271. The predicted octanol–water partition coefficient (Wildman–Crippen LogP) is 4.00. The molecule has 1 heterocycles. The molecule has 0 saturated carbocycles. The maximum atomic E-state index is 12.8. The third-order valence-corrected chi connectivity index (χ3v) is 3.47. The van der Waals surface area contributed by atoms with Gasteiger partial charge in [-0.3, -0.25) is 9.69 Å². The lowest BCUT2D eigenvalue weighted by Gasteiger charge is -2.32. The van der Waals surface area contributed by atoms with Gasteiger partial charge < -0.3 is 0 Å². The van der Waals surface area contributed by atoms with Crippen LogP contribution < -0.4 is 4.90 Å². The van der Waals surface area contributed by atoms with Crippen LogP contribution in [0.4, 0.5) is 5.82 Å². The third kappa shape index (κ3) is 5.10. The van der Waals surface area contributed by atoms with Crippen molar-refractivity contribution in [2.24, 2.45) is 5.41 Å². The van der Waals surface area contributed by atoms with E-state index in [1.807, 2.05) is 11.1 Å². The summed E-state index contributed by atoms with van der Waals surface area (Å²) in [4.78, 5) is 23.2. The Balaban J connectivity index is 3.16. The highest BCUT2D eigenvalue weighted by Gasteiger charge is 2.28. The summed E-state index contributed by atoms with van der Waals surface area (Å²) in [6.45, 7) is 12.6. The molecule has 0 aliphatic rings. The number of anilines is 1. The Labute approximate surface area is 129 Å². The van der Waals surface area contributed by atoms with Crippen LogP contribution in [0.1, 0.15) is 66.4 Å². The van der Waals surface area contributed by atoms with Crippen LogP contribution in [0.2, 0.25) is 0 Å². The molecule has 0 radical (unpaired) electrons. The lowest BCUT2D eigenvalue weighted by atomic mass is 9.91. The van der Waals surface area contributed by atoms with Gasteiger partial charge in [-0.1, -0.05) is 41.0 Å². The highest BCUT2D eigenvalue weighted by atomic mass is 16.2. The summed E-state index contributed by atoms with van der Waals surface area (Å²) >= 11 is 0. The Morgan fingerprint density at radius 1 is 1.33 bits per heavy atom. The van der Waals surface area contributed by atoms with E-state index >= 15 is 0 Å². The molecule has 0 aliphatic carbocycles. The van der Waals surface area contributed by atoms with E-state index < -0.39 is 0 Å². The number of amides is 1. The average molecular weight is 291 g/mol. The van der Waals surface area contributed by atoms with Gasteiger partial charge in [0, 0.05) is 24.2 Å². The van der Waals surface area contributed by atoms with Crippen molar-refractivity contribution in [2.45, 2.75) is 73.3 Å². The number of aromatic nitrogens is 2. The van der Waals surface area contributed by atoms with Crippen molar-refractivity contribution in [3.63, 3.8) is 0 Å². The van der Waals surface area contributed by atoms with Crippen molar-refractivity contribution in [1.82, 2.24) is 9.97 Å². The van der Waals surface area contributed by atoms with Gasteiger partial charge in [-0.05, 0) is 25.2 Å². The van der Waals surface area contributed by atoms with Crippen LogP contribution >= 0.6 is 0 Å². The van der Waals surface area contributed by atoms with Crippen LogP contribution in [0.25, 0.3) is 0 Å². The van der Waals surface area contributed by atoms with E-state index in [1.165, 1.54) is 6.33 Å². The predicted molar refractivity (Wildman–Crippen MR) is 87.3 cm³/mol. The number of carbonyl (C=O) groups excluding carboxylic acids is 1. The Bertz CT molecular complexity index is 465. The largest absolute Gasteiger partial charge is 0.294 e. The molecule has 21 heavy (non-hydrogen) atoms. The molecule has 4 nitrogen and oxygen atoms in total. The topological polar surface area (TPSA) is 46.1 Å². The van der Waals surface area contributed by atoms with Crippen molar-refractivity contribution in [1.29, 1.82) is 0 Å². The van der Waals surface area contributed by atoms with Gasteiger partial charge in [0.2, 0.25) is 5.91 Å². The fourth-order valence-corrected chi connectivity index (χ4v) is 2.48. The quantitative estimate of drug-likeness (QED) is 0.796. The molecule has 4 heteroatoms. The monoisotopic (exact) mass is 291 g/mol. The average Bonchev–Trinajstić information content (AvgIpc) is 2.37. The van der Waals surface area contributed by atoms with Gasteiger partial charge in [0.1, 0.15) is 12.1 Å². The van der Waals surface area contributed by atoms with E-state index in [9.17, 15) is 4.79 Å². The van der Waals surface area contributed by atoms with Crippen LogP contribution in [0.15, 0.2) is 12.5 Å². The van der Waals surface area contributed by atoms with Gasteiger partial charge in [0.25, 0.3) is 0 Å². The molecule has 0 spiro atoms. The molecule has 0 N–H and O–H groups in total. The molecule has 1 aromatic heterocycles. The first-order valence-electron chi connectivity index (χ1n) is 7.91. The molecule has 0 aromatic carbocycles. The standard InChI is InChI=1S/C17H29N3O/c1-7-9-13(3)20(15(21)10-17(4,5)6)16-14(8-2)11-18-12-19-16/h11-13H,7-10H2,1-6H3. The summed E-state index contributed by atoms with van der Waals surface area (Å²) < 4.78 is 0. The minimum absolute atomic E-state index is 0.0271. The summed E-state index contributed by atoms with van der Waals surface area (Å²) in [6.07, 6.45) is 6.72. The fraction of sp³-hybridized carbons (Fsp3) is 0.706. The smallest absolute Gasteiger partial charge is 0.228 e. The second-order valence-electron chi connectivity index (χ2n) is 6.86. The highest BCUT2D eigenvalue weighted by Crippen LogP contribution is 2.26. The zero-order valence-electron chi connectivity index (χ0n) is 14.3. The Morgan fingerprint density at radius 3 is 2.52 bits per heavy atom. The lowest BCUT2D eigenvalue weighted by molar-refractivity contribution is -0.120. The molecule has 1 atom stereocenters. The van der Waals surface area contributed by atoms with E-state index in [0.717, 1.165) is 30.6 Å². The van der Waals surface area contributed by atoms with Crippen LogP contribution in [-0.2, 0) is 11.2 Å². The summed E-state index contributed by atoms with van der Waals surface area (Å²) in [5, 5.41) is 0. The van der Waals surface area contributed by atoms with Crippen LogP contribution in [-0.4, -0.2) is 21.9 Å². The van der Waals surface area contributed by atoms with E-state index in [0.29, 0.717) is 6.42 Å². The first-order chi connectivity index (χ1) is 9.80. The third-order valence-electron chi connectivity index (χ3n) is 3.47. The van der Waals surface area contributed by atoms with E-state index in [-0.39, 0.29) is 17.4 Å². The molecule has 0 fully saturated rings. The fourth-order valence-electron chi connectivity index (χ4n) is 2.48. The molecule has 1 amide bonds. The molecule has 1 aromatic rings. The first kappa shape index (κ1) is 17.6. The zero-order valence-corrected chi connectivity index (χ0v) is 14.3. The van der Waals surface area contributed by atoms with Crippen molar-refractivity contribution in [2.75, 3.05) is 4.90 Å². The number of hydrogen-bond donors (Lipinski definition) is 0. The summed E-state index contributed by atoms with van der Waals surface area (Å²) in [7, 11) is 0. The Kier molecular flexibility index (Phi) is 6.31. The van der Waals surface area contributed by atoms with Gasteiger partial charge in [0.15, 0.2) is 0 Å². The first-order valence-corrected chi connectivity index (χ1v) is 7.91. The number of rotatable bonds is 6. The van der Waals surface area contributed by atoms with Crippen LogP contribution in [0.5, 0.6) is 0 Å². The maximum Gasteiger partial charge on any atom is 0.228 e. The number of aryl methyl sites for hydroxylation is 1. The van der Waals surface area contributed by atoms with Crippen LogP contribution in [0, 0.1) is 5.41 Å². The van der Waals surface area contributed by atoms with Crippen molar-refractivity contribution in [3.05, 3.63) is 18.1 Å². The SMILES string of the molecule is CCCC(C)N(C(=O)CC(C)(C)C)c1ncncc1CC. The molecule has 0 saturated heterocycles. The second kappa shape index (κ2) is 7.53. The Hall–Kier alpha value is -1.45. The van der Waals surface area contributed by atoms with Gasteiger partial charge in [-0.2, -0.15) is 0 Å². The number of hydrogen-bond acceptors (Lipinski definition) is 3. The van der Waals surface area contributed by atoms with E-state index in [4.69, 9.17) is 0 Å². The van der Waals surface area contributed by atoms with Crippen LogP contribution in [0.3, 0.4) is 0 Å². The van der Waals surface area contributed by atoms with Gasteiger partial charge in [0.05, 0.1) is 0 Å². The molecular formula is C17H29N3O. The van der Waals surface area contributed by atoms with Crippen molar-refractivity contribution in [3.8, 4) is 0 Å². The molecule has 118 valence electrons. The maximum absolute atomic E-state index is 12.8. The zero-order chi connectivity index (χ0) is 16.0. The lowest BCUT2D eigenvalue weighted by Crippen LogP contribution is -2.41. The summed E-state index contributed by atoms with van der Waals surface area (Å²) in [6, 6.07) is 0.157. The minimum Gasteiger partial charge on any atom is -0.294 e. The summed E-state index contributed by atoms with van der Waals surface area (Å²) in [5.74, 6) is 0.930. The van der Waals surface area contributed by atoms with Crippen molar-refractivity contribution >= 4 is 11.7 Å². The highest BCUT2D eigenvalue weighted by molar-refractivity contribution is 5.93. The molecule has 0 aliphatic heterocycles. The van der Waals surface area contributed by atoms with E-state index in [1.54, 1.807) is 0 Å². The van der Waals surface area contributed by atoms with Gasteiger partial charge in [-0.25, -0.2) is 9.97 Å². The normalized spacial score (nSPS) is 13.0. The number of carbonyl (C=O) groups is 1. The number of nitrogens with zero attached hydrogens (tertiary/aromatic N) is 3. The second-order valence-corrected chi connectivity index (χ2v) is 6.86. The molecule has 0 bridgehead atoms. The van der Waals surface area contributed by atoms with Gasteiger partial charge >= 0.3 is 0 Å². The van der Waals surface area contributed by atoms with Gasteiger partial charge in [-0.15, -0.1) is 0 Å². The van der Waals surface area contributed by atoms with Crippen molar-refractivity contribution < 1.29 is 4.79 Å².